The molecule has 0 bridgehead atoms. The summed E-state index contributed by atoms with van der Waals surface area (Å²) in [4.78, 5) is 9.88. The van der Waals surface area contributed by atoms with Crippen LogP contribution in [0, 0.1) is 10.1 Å². The highest BCUT2D eigenvalue weighted by molar-refractivity contribution is 7.89. The van der Waals surface area contributed by atoms with Crippen LogP contribution in [-0.2, 0) is 14.8 Å². The normalized spacial score (nSPS) is 11.8. The Balaban J connectivity index is 3.03. The standard InChI is InChI=1S/C11H15ClN2O5S/c1-3-19-7-6-13(2)20(17,18)9-4-5-10(12)11(8-9)14(15)16/h4-5,8H,3,6-7H2,1-2H3. The molecule has 0 aliphatic carbocycles. The molecule has 20 heavy (non-hydrogen) atoms. The SMILES string of the molecule is CCOCCN(C)S(=O)(=O)c1ccc(Cl)c([N+](=O)[O-])c1. The molecule has 0 fully saturated rings. The average molecular weight is 323 g/mol. The van der Waals surface area contributed by atoms with E-state index in [2.05, 4.69) is 0 Å². The minimum absolute atomic E-state index is 0.106. The van der Waals surface area contributed by atoms with Crippen molar-refractivity contribution in [3.63, 3.8) is 0 Å². The van der Waals surface area contributed by atoms with Crippen molar-refractivity contribution in [2.24, 2.45) is 0 Å². The number of nitro groups is 1. The lowest BCUT2D eigenvalue weighted by atomic mass is 10.3. The quantitative estimate of drug-likeness (QED) is 0.434. The summed E-state index contributed by atoms with van der Waals surface area (Å²) in [7, 11) is -2.42. The molecule has 1 aromatic rings. The highest BCUT2D eigenvalue weighted by Crippen LogP contribution is 2.28. The van der Waals surface area contributed by atoms with Crippen LogP contribution < -0.4 is 0 Å². The van der Waals surface area contributed by atoms with Crippen LogP contribution in [-0.4, -0.2) is 44.5 Å². The molecule has 1 rings (SSSR count). The predicted molar refractivity (Wildman–Crippen MR) is 74.4 cm³/mol. The van der Waals surface area contributed by atoms with Gasteiger partial charge in [0, 0.05) is 26.3 Å². The number of halogens is 1. The fourth-order valence-electron chi connectivity index (χ4n) is 1.43. The first-order chi connectivity index (χ1) is 9.30. The van der Waals surface area contributed by atoms with E-state index >= 15 is 0 Å². The largest absolute Gasteiger partial charge is 0.380 e. The molecule has 0 heterocycles. The molecule has 1 aromatic carbocycles. The molecule has 112 valence electrons. The van der Waals surface area contributed by atoms with E-state index in [9.17, 15) is 18.5 Å². The molecule has 0 aromatic heterocycles. The Bertz CT molecular complexity index is 590. The van der Waals surface area contributed by atoms with Crippen molar-refractivity contribution < 1.29 is 18.1 Å². The van der Waals surface area contributed by atoms with Crippen molar-refractivity contribution in [2.45, 2.75) is 11.8 Å². The number of likely N-dealkylation sites (N-methyl/N-ethyl adjacent to an activating group) is 1. The van der Waals surface area contributed by atoms with Gasteiger partial charge in [-0.05, 0) is 19.1 Å². The van der Waals surface area contributed by atoms with Crippen molar-refractivity contribution in [2.75, 3.05) is 26.8 Å². The van der Waals surface area contributed by atoms with Gasteiger partial charge < -0.3 is 4.74 Å². The van der Waals surface area contributed by atoms with Crippen molar-refractivity contribution in [3.05, 3.63) is 33.3 Å². The zero-order valence-corrected chi connectivity index (χ0v) is 12.6. The lowest BCUT2D eigenvalue weighted by molar-refractivity contribution is -0.384. The maximum absolute atomic E-state index is 12.2. The number of hydrogen-bond acceptors (Lipinski definition) is 5. The molecule has 0 amide bonds. The summed E-state index contributed by atoms with van der Waals surface area (Å²) < 4.78 is 30.6. The zero-order valence-electron chi connectivity index (χ0n) is 11.1. The third-order valence-electron chi connectivity index (χ3n) is 2.58. The van der Waals surface area contributed by atoms with Crippen molar-refractivity contribution in [3.8, 4) is 0 Å². The maximum atomic E-state index is 12.2. The second-order valence-corrected chi connectivity index (χ2v) is 6.35. The van der Waals surface area contributed by atoms with E-state index in [1.807, 2.05) is 0 Å². The molecule has 0 saturated heterocycles. The fraction of sp³-hybridized carbons (Fsp3) is 0.455. The third kappa shape index (κ3) is 3.89. The second-order valence-electron chi connectivity index (χ2n) is 3.89. The number of sulfonamides is 1. The molecule has 0 atom stereocenters. The van der Waals surface area contributed by atoms with Gasteiger partial charge in [0.05, 0.1) is 16.4 Å². The van der Waals surface area contributed by atoms with Gasteiger partial charge in [-0.25, -0.2) is 8.42 Å². The summed E-state index contributed by atoms with van der Waals surface area (Å²) in [5.74, 6) is 0. The number of benzene rings is 1. The van der Waals surface area contributed by atoms with Crippen LogP contribution in [0.1, 0.15) is 6.92 Å². The van der Waals surface area contributed by atoms with Crippen LogP contribution in [0.15, 0.2) is 23.1 Å². The Labute approximate surface area is 122 Å². The molecule has 0 aliphatic rings. The van der Waals surface area contributed by atoms with Crippen LogP contribution in [0.25, 0.3) is 0 Å². The Morgan fingerprint density at radius 3 is 2.65 bits per heavy atom. The lowest BCUT2D eigenvalue weighted by Crippen LogP contribution is -2.30. The molecule has 0 radical (unpaired) electrons. The molecule has 0 unspecified atom stereocenters. The van der Waals surface area contributed by atoms with E-state index in [1.165, 1.54) is 19.2 Å². The molecule has 7 nitrogen and oxygen atoms in total. The maximum Gasteiger partial charge on any atom is 0.289 e. The lowest BCUT2D eigenvalue weighted by Gasteiger charge is -2.17. The number of ether oxygens (including phenoxy) is 1. The summed E-state index contributed by atoms with van der Waals surface area (Å²) in [5, 5.41) is 10.7. The van der Waals surface area contributed by atoms with E-state index in [-0.39, 0.29) is 23.1 Å². The van der Waals surface area contributed by atoms with Crippen molar-refractivity contribution in [1.82, 2.24) is 4.31 Å². The Morgan fingerprint density at radius 1 is 1.45 bits per heavy atom. The number of rotatable bonds is 7. The fourth-order valence-corrected chi connectivity index (χ4v) is 2.79. The minimum Gasteiger partial charge on any atom is -0.380 e. The van der Waals surface area contributed by atoms with Crippen LogP contribution in [0.4, 0.5) is 5.69 Å². The molecular weight excluding hydrogens is 308 g/mol. The first kappa shape index (κ1) is 16.8. The van der Waals surface area contributed by atoms with Crippen LogP contribution in [0.5, 0.6) is 0 Å². The smallest absolute Gasteiger partial charge is 0.289 e. The topological polar surface area (TPSA) is 89.8 Å². The minimum atomic E-state index is -3.80. The van der Waals surface area contributed by atoms with Gasteiger partial charge >= 0.3 is 0 Å². The highest BCUT2D eigenvalue weighted by Gasteiger charge is 2.24. The molecule has 0 saturated carbocycles. The number of hydrogen-bond donors (Lipinski definition) is 0. The molecule has 0 N–H and O–H groups in total. The monoisotopic (exact) mass is 322 g/mol. The van der Waals surface area contributed by atoms with Gasteiger partial charge in [0.15, 0.2) is 0 Å². The van der Waals surface area contributed by atoms with Crippen molar-refractivity contribution in [1.29, 1.82) is 0 Å². The van der Waals surface area contributed by atoms with Gasteiger partial charge in [0.1, 0.15) is 5.02 Å². The third-order valence-corrected chi connectivity index (χ3v) is 4.75. The number of nitro benzene ring substituents is 1. The summed E-state index contributed by atoms with van der Waals surface area (Å²) in [6.07, 6.45) is 0. The Kier molecular flexibility index (Phi) is 5.88. The predicted octanol–water partition coefficient (Wildman–Crippen LogP) is 1.91. The Morgan fingerprint density at radius 2 is 2.10 bits per heavy atom. The second kappa shape index (κ2) is 6.98. The zero-order chi connectivity index (χ0) is 15.3. The van der Waals surface area contributed by atoms with Crippen molar-refractivity contribution >= 4 is 27.3 Å². The summed E-state index contributed by atoms with van der Waals surface area (Å²) >= 11 is 5.65. The molecule has 9 heteroatoms. The highest BCUT2D eigenvalue weighted by atomic mass is 35.5. The van der Waals surface area contributed by atoms with Gasteiger partial charge in [0.25, 0.3) is 5.69 Å². The first-order valence-corrected chi connectivity index (χ1v) is 7.60. The van der Waals surface area contributed by atoms with Gasteiger partial charge in [-0.3, -0.25) is 10.1 Å². The van der Waals surface area contributed by atoms with Gasteiger partial charge in [-0.1, -0.05) is 11.6 Å². The molecule has 0 spiro atoms. The van der Waals surface area contributed by atoms with E-state index < -0.39 is 20.6 Å². The van der Waals surface area contributed by atoms with Crippen LogP contribution in [0.2, 0.25) is 5.02 Å². The molecular formula is C11H15ClN2O5S. The average Bonchev–Trinajstić information content (AvgIpc) is 2.38. The first-order valence-electron chi connectivity index (χ1n) is 5.78. The van der Waals surface area contributed by atoms with E-state index in [0.29, 0.717) is 6.61 Å². The number of nitrogens with zero attached hydrogens (tertiary/aromatic N) is 2. The van der Waals surface area contributed by atoms with Gasteiger partial charge in [-0.2, -0.15) is 4.31 Å². The summed E-state index contributed by atoms with van der Waals surface area (Å²) in [6, 6.07) is 3.39. The van der Waals surface area contributed by atoms with E-state index in [4.69, 9.17) is 16.3 Å². The summed E-state index contributed by atoms with van der Waals surface area (Å²) in [5.41, 5.74) is -0.439. The Hall–Kier alpha value is -1.22. The van der Waals surface area contributed by atoms with E-state index in [0.717, 1.165) is 10.4 Å². The van der Waals surface area contributed by atoms with E-state index in [1.54, 1.807) is 6.92 Å². The summed E-state index contributed by atoms with van der Waals surface area (Å²) in [6.45, 7) is 2.70. The molecule has 0 aliphatic heterocycles. The van der Waals surface area contributed by atoms with Gasteiger partial charge in [-0.15, -0.1) is 0 Å². The van der Waals surface area contributed by atoms with Gasteiger partial charge in [0.2, 0.25) is 10.0 Å². The van der Waals surface area contributed by atoms with Crippen LogP contribution >= 0.6 is 11.6 Å². The van der Waals surface area contributed by atoms with Crippen LogP contribution in [0.3, 0.4) is 0 Å².